The summed E-state index contributed by atoms with van der Waals surface area (Å²) in [5.74, 6) is 0.633. The minimum Gasteiger partial charge on any atom is -0.477 e. The molecule has 1 aliphatic rings. The fraction of sp³-hybridized carbons (Fsp3) is 0.429. The van der Waals surface area contributed by atoms with Gasteiger partial charge in [0.1, 0.15) is 0 Å². The Bertz CT molecular complexity index is 885. The Morgan fingerprint density at radius 3 is 2.89 bits per heavy atom. The van der Waals surface area contributed by atoms with Gasteiger partial charge in [-0.1, -0.05) is 19.1 Å². The Morgan fingerprint density at radius 1 is 1.15 bits per heavy atom. The van der Waals surface area contributed by atoms with E-state index in [0.29, 0.717) is 12.5 Å². The first-order chi connectivity index (χ1) is 13.3. The number of anilines is 1. The molecule has 1 aliphatic heterocycles. The first-order valence-electron chi connectivity index (χ1n) is 9.89. The second-order valence-corrected chi connectivity index (χ2v) is 6.89. The number of nitrogens with zero attached hydrogens (tertiary/aromatic N) is 4. The predicted molar refractivity (Wildman–Crippen MR) is 109 cm³/mol. The van der Waals surface area contributed by atoms with E-state index in [-0.39, 0.29) is 0 Å². The topological polar surface area (TPSA) is 54.7 Å². The summed E-state index contributed by atoms with van der Waals surface area (Å²) in [5.41, 5.74) is 4.22. The highest BCUT2D eigenvalue weighted by Gasteiger charge is 2.14. The van der Waals surface area contributed by atoms with Crippen LogP contribution in [0.15, 0.2) is 42.6 Å². The van der Waals surface area contributed by atoms with Gasteiger partial charge in [0.05, 0.1) is 18.5 Å². The Morgan fingerprint density at radius 2 is 2.04 bits per heavy atom. The van der Waals surface area contributed by atoms with Crippen LogP contribution in [0.5, 0.6) is 5.88 Å². The summed E-state index contributed by atoms with van der Waals surface area (Å²) < 4.78 is 7.70. The van der Waals surface area contributed by atoms with Crippen LogP contribution in [-0.2, 0) is 0 Å². The molecule has 6 nitrogen and oxygen atoms in total. The normalized spacial score (nSPS) is 14.2. The third-order valence-corrected chi connectivity index (χ3v) is 4.95. The van der Waals surface area contributed by atoms with Gasteiger partial charge in [0.15, 0.2) is 5.65 Å². The number of hydrogen-bond donors (Lipinski definition) is 1. The van der Waals surface area contributed by atoms with E-state index in [1.807, 2.05) is 22.8 Å². The Kier molecular flexibility index (Phi) is 5.53. The average molecular weight is 365 g/mol. The van der Waals surface area contributed by atoms with Crippen molar-refractivity contribution < 1.29 is 4.74 Å². The molecule has 0 radical (unpaired) electrons. The van der Waals surface area contributed by atoms with E-state index in [0.717, 1.165) is 49.5 Å². The van der Waals surface area contributed by atoms with Crippen molar-refractivity contribution in [2.75, 3.05) is 37.7 Å². The molecule has 4 rings (SSSR count). The van der Waals surface area contributed by atoms with E-state index >= 15 is 0 Å². The number of benzene rings is 1. The molecule has 1 saturated heterocycles. The zero-order chi connectivity index (χ0) is 18.5. The summed E-state index contributed by atoms with van der Waals surface area (Å²) in [5, 5.41) is 7.95. The first kappa shape index (κ1) is 17.8. The second kappa shape index (κ2) is 8.39. The zero-order valence-corrected chi connectivity index (χ0v) is 15.9. The van der Waals surface area contributed by atoms with Crippen molar-refractivity contribution in [2.24, 2.45) is 0 Å². The summed E-state index contributed by atoms with van der Waals surface area (Å²) in [6, 6.07) is 12.5. The molecule has 2 aromatic heterocycles. The molecular weight excluding hydrogens is 338 g/mol. The molecule has 0 aliphatic carbocycles. The lowest BCUT2D eigenvalue weighted by Crippen LogP contribution is -2.17. The largest absolute Gasteiger partial charge is 0.477 e. The lowest BCUT2D eigenvalue weighted by atomic mass is 10.1. The van der Waals surface area contributed by atoms with Crippen molar-refractivity contribution in [3.8, 4) is 17.1 Å². The molecule has 0 amide bonds. The molecule has 1 N–H and O–H groups in total. The number of hydrogen-bond acceptors (Lipinski definition) is 5. The van der Waals surface area contributed by atoms with E-state index in [1.54, 1.807) is 0 Å². The molecule has 0 spiro atoms. The molecule has 0 saturated carbocycles. The number of fused-ring (bicyclic) bond motifs is 1. The number of rotatable bonds is 8. The quantitative estimate of drug-likeness (QED) is 0.620. The SMILES string of the molecule is CCNCCCOc1ccc2ncc(-c3cccc(N4CCCC4)c3)n2n1. The zero-order valence-electron chi connectivity index (χ0n) is 15.9. The van der Waals surface area contributed by atoms with Crippen molar-refractivity contribution in [1.82, 2.24) is 19.9 Å². The summed E-state index contributed by atoms with van der Waals surface area (Å²) >= 11 is 0. The lowest BCUT2D eigenvalue weighted by Gasteiger charge is -2.18. The second-order valence-electron chi connectivity index (χ2n) is 6.89. The predicted octanol–water partition coefficient (Wildman–Crippen LogP) is 3.37. The Hall–Kier alpha value is -2.60. The minimum atomic E-state index is 0.633. The van der Waals surface area contributed by atoms with Crippen molar-refractivity contribution in [3.05, 3.63) is 42.6 Å². The molecule has 1 fully saturated rings. The van der Waals surface area contributed by atoms with Crippen LogP contribution in [0.1, 0.15) is 26.2 Å². The molecule has 3 aromatic rings. The molecule has 142 valence electrons. The molecule has 0 atom stereocenters. The van der Waals surface area contributed by atoms with Crippen LogP contribution in [-0.4, -0.2) is 47.4 Å². The molecule has 3 heterocycles. The average Bonchev–Trinajstić information content (AvgIpc) is 3.38. The van der Waals surface area contributed by atoms with Gasteiger partial charge in [0.2, 0.25) is 5.88 Å². The maximum absolute atomic E-state index is 5.82. The molecule has 6 heteroatoms. The number of ether oxygens (including phenoxy) is 1. The van der Waals surface area contributed by atoms with Crippen molar-refractivity contribution in [1.29, 1.82) is 0 Å². The fourth-order valence-electron chi connectivity index (χ4n) is 3.52. The van der Waals surface area contributed by atoms with Crippen LogP contribution < -0.4 is 15.0 Å². The van der Waals surface area contributed by atoms with E-state index in [2.05, 4.69) is 51.5 Å². The van der Waals surface area contributed by atoms with Gasteiger partial charge in [-0.15, -0.1) is 5.10 Å². The van der Waals surface area contributed by atoms with E-state index in [1.165, 1.54) is 18.5 Å². The van der Waals surface area contributed by atoms with Gasteiger partial charge in [-0.2, -0.15) is 0 Å². The van der Waals surface area contributed by atoms with Crippen molar-refractivity contribution >= 4 is 11.3 Å². The van der Waals surface area contributed by atoms with Gasteiger partial charge in [-0.25, -0.2) is 9.50 Å². The van der Waals surface area contributed by atoms with Crippen LogP contribution in [0.2, 0.25) is 0 Å². The van der Waals surface area contributed by atoms with Crippen LogP contribution in [0, 0.1) is 0 Å². The highest BCUT2D eigenvalue weighted by atomic mass is 16.5. The van der Waals surface area contributed by atoms with Crippen LogP contribution in [0.3, 0.4) is 0 Å². The van der Waals surface area contributed by atoms with E-state index < -0.39 is 0 Å². The van der Waals surface area contributed by atoms with Gasteiger partial charge in [-0.05, 0) is 50.6 Å². The number of aromatic nitrogens is 3. The Balaban J connectivity index is 1.55. The third-order valence-electron chi connectivity index (χ3n) is 4.95. The summed E-state index contributed by atoms with van der Waals surface area (Å²) in [6.07, 6.45) is 5.40. The van der Waals surface area contributed by atoms with Crippen LogP contribution in [0.25, 0.3) is 16.9 Å². The lowest BCUT2D eigenvalue weighted by molar-refractivity contribution is 0.293. The molecule has 1 aromatic carbocycles. The van der Waals surface area contributed by atoms with E-state index in [9.17, 15) is 0 Å². The summed E-state index contributed by atoms with van der Waals surface area (Å²) in [6.45, 7) is 6.98. The maximum atomic E-state index is 5.82. The summed E-state index contributed by atoms with van der Waals surface area (Å²) in [7, 11) is 0. The molecule has 0 bridgehead atoms. The monoisotopic (exact) mass is 365 g/mol. The number of nitrogens with one attached hydrogen (secondary N) is 1. The minimum absolute atomic E-state index is 0.633. The fourth-order valence-corrected chi connectivity index (χ4v) is 3.52. The molecule has 0 unspecified atom stereocenters. The Labute approximate surface area is 160 Å². The number of imidazole rings is 1. The van der Waals surface area contributed by atoms with Gasteiger partial charge >= 0.3 is 0 Å². The van der Waals surface area contributed by atoms with Crippen LogP contribution >= 0.6 is 0 Å². The highest BCUT2D eigenvalue weighted by molar-refractivity contribution is 5.68. The van der Waals surface area contributed by atoms with Crippen LogP contribution in [0.4, 0.5) is 5.69 Å². The highest BCUT2D eigenvalue weighted by Crippen LogP contribution is 2.27. The van der Waals surface area contributed by atoms with Gasteiger partial charge in [0, 0.05) is 30.4 Å². The third kappa shape index (κ3) is 4.06. The smallest absolute Gasteiger partial charge is 0.231 e. The van der Waals surface area contributed by atoms with E-state index in [4.69, 9.17) is 4.74 Å². The first-order valence-corrected chi connectivity index (χ1v) is 9.89. The standard InChI is InChI=1S/C21H27N5O/c1-2-22-11-6-14-27-21-10-9-20-23-16-19(26(20)24-21)17-7-5-8-18(15-17)25-12-3-4-13-25/h5,7-10,15-16,22H,2-4,6,11-14H2,1H3. The van der Waals surface area contributed by atoms with Gasteiger partial charge in [-0.3, -0.25) is 0 Å². The van der Waals surface area contributed by atoms with Crippen molar-refractivity contribution in [2.45, 2.75) is 26.2 Å². The van der Waals surface area contributed by atoms with Gasteiger partial charge < -0.3 is 15.0 Å². The molecular formula is C21H27N5O. The van der Waals surface area contributed by atoms with Gasteiger partial charge in [0.25, 0.3) is 0 Å². The molecule has 27 heavy (non-hydrogen) atoms. The summed E-state index contributed by atoms with van der Waals surface area (Å²) in [4.78, 5) is 6.95. The van der Waals surface area contributed by atoms with Crippen molar-refractivity contribution in [3.63, 3.8) is 0 Å². The maximum Gasteiger partial charge on any atom is 0.231 e.